The first-order valence-corrected chi connectivity index (χ1v) is 14.9. The molecule has 0 amide bonds. The predicted molar refractivity (Wildman–Crippen MR) is 148 cm³/mol. The van der Waals surface area contributed by atoms with E-state index in [1.807, 2.05) is 6.07 Å². The molecule has 206 valence electrons. The number of aromatic hydroxyl groups is 1. The van der Waals surface area contributed by atoms with Gasteiger partial charge in [0.1, 0.15) is 10.6 Å². The summed E-state index contributed by atoms with van der Waals surface area (Å²) >= 11 is 0. The highest BCUT2D eigenvalue weighted by Gasteiger charge is 2.23. The summed E-state index contributed by atoms with van der Waals surface area (Å²) in [7, 11) is -9.04. The Balaban J connectivity index is 1.40. The number of phenolic OH excluding ortho intramolecular Hbond substituents is 1. The fourth-order valence-corrected chi connectivity index (χ4v) is 5.44. The zero-order valence-corrected chi connectivity index (χ0v) is 22.4. The summed E-state index contributed by atoms with van der Waals surface area (Å²) < 4.78 is 65.5. The summed E-state index contributed by atoms with van der Waals surface area (Å²) in [5.74, 6) is -0.424. The molecule has 40 heavy (non-hydrogen) atoms. The molecule has 4 aromatic carbocycles. The van der Waals surface area contributed by atoms with Crippen LogP contribution in [0.5, 0.6) is 5.75 Å². The van der Waals surface area contributed by atoms with Gasteiger partial charge >= 0.3 is 0 Å². The maximum absolute atomic E-state index is 12.2. The Morgan fingerprint density at radius 3 is 1.70 bits per heavy atom. The molecule has 1 aliphatic rings. The molecule has 1 aliphatic heterocycles. The first-order valence-electron chi connectivity index (χ1n) is 12.0. The number of anilines is 1. The van der Waals surface area contributed by atoms with Gasteiger partial charge in [0.2, 0.25) is 0 Å². The largest absolute Gasteiger partial charge is 0.505 e. The fourth-order valence-electron chi connectivity index (χ4n) is 4.30. The maximum Gasteiger partial charge on any atom is 0.296 e. The van der Waals surface area contributed by atoms with E-state index in [9.17, 15) is 26.5 Å². The number of azo groups is 2. The van der Waals surface area contributed by atoms with Gasteiger partial charge in [-0.25, -0.2) is 0 Å². The summed E-state index contributed by atoms with van der Waals surface area (Å²) in [5, 5.41) is 27.7. The summed E-state index contributed by atoms with van der Waals surface area (Å²) in [5.41, 5.74) is 1.60. The molecule has 1 saturated heterocycles. The van der Waals surface area contributed by atoms with Gasteiger partial charge < -0.3 is 10.0 Å². The Morgan fingerprint density at radius 2 is 1.18 bits per heavy atom. The Bertz CT molecular complexity index is 1850. The van der Waals surface area contributed by atoms with E-state index < -0.39 is 30.9 Å². The third-order valence-corrected chi connectivity index (χ3v) is 8.05. The van der Waals surface area contributed by atoms with Crippen molar-refractivity contribution in [2.75, 3.05) is 18.0 Å². The van der Waals surface area contributed by atoms with Gasteiger partial charge in [-0.15, -0.1) is 5.11 Å². The zero-order chi connectivity index (χ0) is 28.5. The molecule has 0 radical (unpaired) electrons. The van der Waals surface area contributed by atoms with E-state index in [1.54, 1.807) is 24.3 Å². The van der Waals surface area contributed by atoms with Crippen molar-refractivity contribution in [3.63, 3.8) is 0 Å². The van der Waals surface area contributed by atoms with E-state index in [2.05, 4.69) is 25.4 Å². The average molecular weight is 582 g/mol. The molecule has 4 aromatic rings. The van der Waals surface area contributed by atoms with Crippen LogP contribution in [0.25, 0.3) is 10.8 Å². The highest BCUT2D eigenvalue weighted by molar-refractivity contribution is 7.86. The van der Waals surface area contributed by atoms with Gasteiger partial charge in [0.25, 0.3) is 20.2 Å². The van der Waals surface area contributed by atoms with Gasteiger partial charge in [0, 0.05) is 24.2 Å². The van der Waals surface area contributed by atoms with Crippen LogP contribution in [-0.2, 0) is 20.2 Å². The molecule has 3 N–H and O–H groups in total. The first-order chi connectivity index (χ1) is 19.0. The lowest BCUT2D eigenvalue weighted by atomic mass is 10.1. The Kier molecular flexibility index (Phi) is 7.33. The minimum atomic E-state index is -4.74. The zero-order valence-electron chi connectivity index (χ0n) is 20.8. The fraction of sp³-hybridized carbons (Fsp3) is 0.154. The lowest BCUT2D eigenvalue weighted by Crippen LogP contribution is -2.17. The highest BCUT2D eigenvalue weighted by atomic mass is 32.2. The molecular weight excluding hydrogens is 558 g/mol. The molecule has 0 saturated carbocycles. The molecule has 1 heterocycles. The van der Waals surface area contributed by atoms with Crippen molar-refractivity contribution in [3.05, 3.63) is 72.8 Å². The third kappa shape index (κ3) is 5.99. The smallest absolute Gasteiger partial charge is 0.296 e. The molecular formula is C26H23N5O7S2. The van der Waals surface area contributed by atoms with Gasteiger partial charge in [0.15, 0.2) is 5.75 Å². The Hall–Kier alpha value is -4.24. The highest BCUT2D eigenvalue weighted by Crippen LogP contribution is 2.42. The number of fused-ring (bicyclic) bond motifs is 1. The monoisotopic (exact) mass is 581 g/mol. The van der Waals surface area contributed by atoms with Crippen LogP contribution in [-0.4, -0.2) is 44.1 Å². The van der Waals surface area contributed by atoms with Crippen LogP contribution in [0.1, 0.15) is 12.8 Å². The standard InChI is InChI=1S/C26H23N5O7S2/c32-26-23-12-9-21(31-13-1-2-14-31)15-17(23)16-24(40(36,37)38)25(26)30-29-19-5-3-18(4-6-19)27-28-20-7-10-22(11-8-20)39(33,34)35/h3-12,15-16,32H,1-2,13-14H2,(H,33,34,35)(H,36,37,38). The van der Waals surface area contributed by atoms with E-state index in [0.717, 1.165) is 31.6 Å². The number of rotatable bonds is 7. The van der Waals surface area contributed by atoms with Crippen molar-refractivity contribution in [2.24, 2.45) is 20.5 Å². The second-order valence-electron chi connectivity index (χ2n) is 9.03. The van der Waals surface area contributed by atoms with Crippen molar-refractivity contribution in [1.82, 2.24) is 0 Å². The molecule has 1 fully saturated rings. The SMILES string of the molecule is O=S(=O)(O)c1ccc(N=Nc2ccc(N=Nc3c(S(=O)(=O)O)cc4cc(N5CCCC5)ccc4c3O)cc2)cc1. The summed E-state index contributed by atoms with van der Waals surface area (Å²) in [6.07, 6.45) is 2.13. The van der Waals surface area contributed by atoms with Gasteiger partial charge in [-0.2, -0.15) is 32.2 Å². The van der Waals surface area contributed by atoms with Crippen LogP contribution in [0.4, 0.5) is 28.4 Å². The normalized spacial score (nSPS) is 14.6. The minimum Gasteiger partial charge on any atom is -0.505 e. The molecule has 0 spiro atoms. The second kappa shape index (κ2) is 10.7. The summed E-state index contributed by atoms with van der Waals surface area (Å²) in [6, 6.07) is 17.9. The number of benzene rings is 4. The quantitative estimate of drug-likeness (QED) is 0.164. The van der Waals surface area contributed by atoms with Crippen LogP contribution < -0.4 is 4.90 Å². The lowest BCUT2D eigenvalue weighted by Gasteiger charge is -2.18. The Labute approximate surface area is 229 Å². The average Bonchev–Trinajstić information content (AvgIpc) is 3.46. The van der Waals surface area contributed by atoms with Crippen molar-refractivity contribution < 1.29 is 31.0 Å². The van der Waals surface area contributed by atoms with Crippen molar-refractivity contribution in [3.8, 4) is 5.75 Å². The van der Waals surface area contributed by atoms with Crippen LogP contribution in [0, 0.1) is 0 Å². The summed E-state index contributed by atoms with van der Waals surface area (Å²) in [4.78, 5) is 1.34. The van der Waals surface area contributed by atoms with E-state index in [1.165, 1.54) is 42.5 Å². The number of phenols is 1. The van der Waals surface area contributed by atoms with Crippen molar-refractivity contribution in [2.45, 2.75) is 22.6 Å². The molecule has 0 bridgehead atoms. The van der Waals surface area contributed by atoms with Crippen LogP contribution >= 0.6 is 0 Å². The lowest BCUT2D eigenvalue weighted by molar-refractivity contribution is 0.472. The number of hydrogen-bond acceptors (Lipinski definition) is 10. The van der Waals surface area contributed by atoms with E-state index in [-0.39, 0.29) is 10.6 Å². The van der Waals surface area contributed by atoms with E-state index in [4.69, 9.17) is 4.55 Å². The van der Waals surface area contributed by atoms with Gasteiger partial charge in [-0.05, 0) is 91.0 Å². The number of hydrogen-bond donors (Lipinski definition) is 3. The van der Waals surface area contributed by atoms with Crippen molar-refractivity contribution in [1.29, 1.82) is 0 Å². The van der Waals surface area contributed by atoms with Crippen LogP contribution in [0.15, 0.2) is 103 Å². The van der Waals surface area contributed by atoms with E-state index >= 15 is 0 Å². The molecule has 14 heteroatoms. The van der Waals surface area contributed by atoms with Crippen LogP contribution in [0.2, 0.25) is 0 Å². The van der Waals surface area contributed by atoms with Crippen molar-refractivity contribution >= 4 is 59.4 Å². The molecule has 5 rings (SSSR count). The molecule has 0 atom stereocenters. The number of nitrogens with zero attached hydrogens (tertiary/aromatic N) is 5. The van der Waals surface area contributed by atoms with Gasteiger partial charge in [-0.1, -0.05) is 0 Å². The van der Waals surface area contributed by atoms with Gasteiger partial charge in [-0.3, -0.25) is 9.11 Å². The molecule has 0 aliphatic carbocycles. The first kappa shape index (κ1) is 27.3. The predicted octanol–water partition coefficient (Wildman–Crippen LogP) is 6.47. The maximum atomic E-state index is 12.2. The second-order valence-corrected chi connectivity index (χ2v) is 11.8. The van der Waals surface area contributed by atoms with Crippen LogP contribution in [0.3, 0.4) is 0 Å². The summed E-state index contributed by atoms with van der Waals surface area (Å²) in [6.45, 7) is 1.78. The third-order valence-electron chi connectivity index (χ3n) is 6.31. The molecule has 12 nitrogen and oxygen atoms in total. The molecule has 0 aromatic heterocycles. The molecule has 0 unspecified atom stereocenters. The minimum absolute atomic E-state index is 0.261. The van der Waals surface area contributed by atoms with Gasteiger partial charge in [0.05, 0.1) is 22.0 Å². The topological polar surface area (TPSA) is 182 Å². The van der Waals surface area contributed by atoms with E-state index in [0.29, 0.717) is 27.8 Å². The Morgan fingerprint density at radius 1 is 0.650 bits per heavy atom.